The van der Waals surface area contributed by atoms with Crippen LogP contribution in [0.25, 0.3) is 0 Å². The maximum Gasteiger partial charge on any atom is 0.326 e. The summed E-state index contributed by atoms with van der Waals surface area (Å²) in [6.07, 6.45) is 1.81. The molecule has 1 aromatic rings. The van der Waals surface area contributed by atoms with Crippen molar-refractivity contribution in [2.24, 2.45) is 5.92 Å². The summed E-state index contributed by atoms with van der Waals surface area (Å²) in [6, 6.07) is 6.42. The van der Waals surface area contributed by atoms with Gasteiger partial charge in [-0.15, -0.1) is 0 Å². The number of methoxy groups -OCH3 is 1. The number of anilines is 1. The molecule has 0 amide bonds. The summed E-state index contributed by atoms with van der Waals surface area (Å²) in [5.74, 6) is -0.271. The van der Waals surface area contributed by atoms with Crippen molar-refractivity contribution in [2.75, 3.05) is 12.4 Å². The lowest BCUT2D eigenvalue weighted by Crippen LogP contribution is -2.31. The Bertz CT molecular complexity index is 503. The van der Waals surface area contributed by atoms with Crippen molar-refractivity contribution in [3.63, 3.8) is 0 Å². The number of carboxylic acid groups (broad SMARTS) is 1. The van der Waals surface area contributed by atoms with E-state index in [2.05, 4.69) is 5.32 Å². The first-order chi connectivity index (χ1) is 8.67. The molecule has 0 spiro atoms. The summed E-state index contributed by atoms with van der Waals surface area (Å²) in [6.45, 7) is 0. The Labute approximate surface area is 105 Å². The highest BCUT2D eigenvalue weighted by atomic mass is 16.5. The third kappa shape index (κ3) is 2.38. The maximum atomic E-state index is 11.2. The molecule has 1 saturated carbocycles. The zero-order valence-electron chi connectivity index (χ0n) is 10.0. The Balaban J connectivity index is 2.31. The maximum absolute atomic E-state index is 11.2. The number of ether oxygens (including phenoxy) is 1. The van der Waals surface area contributed by atoms with Gasteiger partial charge in [0.2, 0.25) is 0 Å². The minimum Gasteiger partial charge on any atom is -0.495 e. The number of hydrogen-bond donors (Lipinski definition) is 2. The lowest BCUT2D eigenvalue weighted by molar-refractivity contribution is -0.138. The van der Waals surface area contributed by atoms with Crippen LogP contribution in [0.4, 0.5) is 5.69 Å². The van der Waals surface area contributed by atoms with Crippen LogP contribution in [-0.2, 0) is 4.79 Å². The molecule has 1 unspecified atom stereocenters. The minimum atomic E-state index is -0.896. The predicted octanol–water partition coefficient (Wildman–Crippen LogP) is 1.84. The van der Waals surface area contributed by atoms with E-state index in [0.717, 1.165) is 12.8 Å². The smallest absolute Gasteiger partial charge is 0.326 e. The van der Waals surface area contributed by atoms with Crippen molar-refractivity contribution in [3.8, 4) is 11.8 Å². The van der Waals surface area contributed by atoms with Crippen molar-refractivity contribution >= 4 is 11.7 Å². The van der Waals surface area contributed by atoms with E-state index in [1.165, 1.54) is 7.11 Å². The summed E-state index contributed by atoms with van der Waals surface area (Å²) in [7, 11) is 1.49. The Morgan fingerprint density at radius 3 is 2.83 bits per heavy atom. The topological polar surface area (TPSA) is 82.3 Å². The summed E-state index contributed by atoms with van der Waals surface area (Å²) in [4.78, 5) is 11.2. The number of rotatable bonds is 5. The summed E-state index contributed by atoms with van der Waals surface area (Å²) in [5.41, 5.74) is 0.850. The molecule has 2 N–H and O–H groups in total. The molecule has 0 aliphatic heterocycles. The highest BCUT2D eigenvalue weighted by molar-refractivity contribution is 5.80. The van der Waals surface area contributed by atoms with Gasteiger partial charge in [0, 0.05) is 0 Å². The fraction of sp³-hybridized carbons (Fsp3) is 0.385. The molecule has 0 radical (unpaired) electrons. The molecule has 0 heterocycles. The molecule has 18 heavy (non-hydrogen) atoms. The second-order valence-corrected chi connectivity index (χ2v) is 4.29. The largest absolute Gasteiger partial charge is 0.495 e. The molecule has 1 aromatic carbocycles. The fourth-order valence-electron chi connectivity index (χ4n) is 1.91. The molecule has 1 atom stereocenters. The Kier molecular flexibility index (Phi) is 3.38. The lowest BCUT2D eigenvalue weighted by Gasteiger charge is -2.18. The van der Waals surface area contributed by atoms with E-state index in [1.807, 2.05) is 6.07 Å². The highest BCUT2D eigenvalue weighted by Crippen LogP contribution is 2.37. The summed E-state index contributed by atoms with van der Waals surface area (Å²) in [5, 5.41) is 21.2. The molecule has 1 aliphatic carbocycles. The van der Waals surface area contributed by atoms with Gasteiger partial charge in [0.15, 0.2) is 0 Å². The van der Waals surface area contributed by atoms with Gasteiger partial charge in [-0.2, -0.15) is 5.26 Å². The number of nitrogens with zero attached hydrogens (tertiary/aromatic N) is 1. The van der Waals surface area contributed by atoms with Crippen LogP contribution in [0.5, 0.6) is 5.75 Å². The number of hydrogen-bond acceptors (Lipinski definition) is 4. The van der Waals surface area contributed by atoms with Gasteiger partial charge in [0.1, 0.15) is 17.9 Å². The minimum absolute atomic E-state index is 0.138. The quantitative estimate of drug-likeness (QED) is 0.828. The number of nitrogens with one attached hydrogen (secondary N) is 1. The van der Waals surface area contributed by atoms with Crippen LogP contribution in [0.2, 0.25) is 0 Å². The molecule has 2 rings (SSSR count). The van der Waals surface area contributed by atoms with Crippen LogP contribution in [0.3, 0.4) is 0 Å². The average molecular weight is 246 g/mol. The number of carboxylic acids is 1. The molecule has 5 nitrogen and oxygen atoms in total. The molecule has 0 saturated heterocycles. The van der Waals surface area contributed by atoms with Crippen LogP contribution in [0.1, 0.15) is 18.4 Å². The third-order valence-electron chi connectivity index (χ3n) is 3.03. The predicted molar refractivity (Wildman–Crippen MR) is 65.5 cm³/mol. The van der Waals surface area contributed by atoms with Gasteiger partial charge >= 0.3 is 5.97 Å². The fourth-order valence-corrected chi connectivity index (χ4v) is 1.91. The normalized spacial score (nSPS) is 15.6. The Morgan fingerprint density at radius 1 is 1.61 bits per heavy atom. The zero-order chi connectivity index (χ0) is 13.1. The zero-order valence-corrected chi connectivity index (χ0v) is 10.0. The first kappa shape index (κ1) is 12.2. The SMILES string of the molecule is COc1cccc(C#N)c1NC(C(=O)O)C1CC1. The van der Waals surface area contributed by atoms with Gasteiger partial charge in [0.25, 0.3) is 0 Å². The van der Waals surface area contributed by atoms with Crippen LogP contribution in [0, 0.1) is 17.2 Å². The van der Waals surface area contributed by atoms with Crippen molar-refractivity contribution in [3.05, 3.63) is 23.8 Å². The van der Waals surface area contributed by atoms with E-state index < -0.39 is 12.0 Å². The number of para-hydroxylation sites is 1. The van der Waals surface area contributed by atoms with Crippen LogP contribution in [-0.4, -0.2) is 24.2 Å². The van der Waals surface area contributed by atoms with Crippen molar-refractivity contribution < 1.29 is 14.6 Å². The lowest BCUT2D eigenvalue weighted by atomic mass is 10.1. The van der Waals surface area contributed by atoms with E-state index in [1.54, 1.807) is 18.2 Å². The number of aliphatic carboxylic acids is 1. The van der Waals surface area contributed by atoms with Crippen LogP contribution < -0.4 is 10.1 Å². The Morgan fingerprint density at radius 2 is 2.33 bits per heavy atom. The second kappa shape index (κ2) is 4.96. The van der Waals surface area contributed by atoms with Gasteiger partial charge in [-0.1, -0.05) is 6.07 Å². The monoisotopic (exact) mass is 246 g/mol. The van der Waals surface area contributed by atoms with Crippen molar-refractivity contribution in [1.82, 2.24) is 0 Å². The molecular formula is C13H14N2O3. The number of carbonyl (C=O) groups is 1. The van der Waals surface area contributed by atoms with Gasteiger partial charge in [0.05, 0.1) is 18.4 Å². The van der Waals surface area contributed by atoms with Gasteiger partial charge in [-0.05, 0) is 30.9 Å². The molecule has 5 heteroatoms. The van der Waals surface area contributed by atoms with Crippen LogP contribution >= 0.6 is 0 Å². The molecule has 0 bridgehead atoms. The molecule has 1 fully saturated rings. The number of benzene rings is 1. The number of nitriles is 1. The van der Waals surface area contributed by atoms with E-state index >= 15 is 0 Å². The van der Waals surface area contributed by atoms with Gasteiger partial charge in [-0.3, -0.25) is 0 Å². The molecule has 0 aromatic heterocycles. The summed E-state index contributed by atoms with van der Waals surface area (Å²) >= 11 is 0. The molecule has 1 aliphatic rings. The first-order valence-corrected chi connectivity index (χ1v) is 5.73. The first-order valence-electron chi connectivity index (χ1n) is 5.73. The molecule has 94 valence electrons. The van der Waals surface area contributed by atoms with Gasteiger partial charge in [-0.25, -0.2) is 4.79 Å². The Hall–Kier alpha value is -2.22. The van der Waals surface area contributed by atoms with Crippen molar-refractivity contribution in [2.45, 2.75) is 18.9 Å². The van der Waals surface area contributed by atoms with E-state index in [9.17, 15) is 9.90 Å². The highest BCUT2D eigenvalue weighted by Gasteiger charge is 2.37. The van der Waals surface area contributed by atoms with E-state index in [4.69, 9.17) is 10.00 Å². The van der Waals surface area contributed by atoms with E-state index in [0.29, 0.717) is 17.0 Å². The second-order valence-electron chi connectivity index (χ2n) is 4.29. The van der Waals surface area contributed by atoms with E-state index in [-0.39, 0.29) is 5.92 Å². The standard InChI is InChI=1S/C13H14N2O3/c1-18-10-4-2-3-9(7-14)11(10)15-12(13(16)17)8-5-6-8/h2-4,8,12,15H,5-6H2,1H3,(H,16,17). The third-order valence-corrected chi connectivity index (χ3v) is 3.03. The molecular weight excluding hydrogens is 232 g/mol. The van der Waals surface area contributed by atoms with Crippen molar-refractivity contribution in [1.29, 1.82) is 5.26 Å². The summed E-state index contributed by atoms with van der Waals surface area (Å²) < 4.78 is 5.16. The van der Waals surface area contributed by atoms with Crippen LogP contribution in [0.15, 0.2) is 18.2 Å². The average Bonchev–Trinajstić information content (AvgIpc) is 3.19. The van der Waals surface area contributed by atoms with Gasteiger partial charge < -0.3 is 15.2 Å².